The molecule has 1 atom stereocenters. The van der Waals surface area contributed by atoms with Crippen LogP contribution >= 0.6 is 0 Å². The molecule has 1 aliphatic rings. The number of carbonyl (C=O) groups excluding carboxylic acids is 1. The molecule has 0 aromatic heterocycles. The zero-order valence-corrected chi connectivity index (χ0v) is 7.26. The van der Waals surface area contributed by atoms with Crippen LogP contribution in [0.15, 0.2) is 11.6 Å². The Morgan fingerprint density at radius 2 is 2.45 bits per heavy atom. The highest BCUT2D eigenvalue weighted by Gasteiger charge is 2.17. The highest BCUT2D eigenvalue weighted by molar-refractivity contribution is 5.95. The Balaban J connectivity index is 2.48. The lowest BCUT2D eigenvalue weighted by Gasteiger charge is -2.17. The molecular weight excluding hydrogens is 136 g/mol. The third-order valence-corrected chi connectivity index (χ3v) is 2.24. The topological polar surface area (TPSA) is 17.1 Å². The molecule has 1 aliphatic carbocycles. The van der Waals surface area contributed by atoms with Crippen molar-refractivity contribution in [2.75, 3.05) is 0 Å². The van der Waals surface area contributed by atoms with Crippen LogP contribution in [0.2, 0.25) is 0 Å². The molecule has 0 aromatic carbocycles. The van der Waals surface area contributed by atoms with E-state index in [0.29, 0.717) is 11.7 Å². The summed E-state index contributed by atoms with van der Waals surface area (Å²) in [4.78, 5) is 11.2. The van der Waals surface area contributed by atoms with E-state index in [1.807, 2.05) is 6.92 Å². The van der Waals surface area contributed by atoms with E-state index >= 15 is 0 Å². The second-order valence-corrected chi connectivity index (χ2v) is 3.26. The SMILES string of the molecule is C[CH]C[C@H]1CC=C(C)C(=O)C1. The number of carbonyl (C=O) groups is 1. The standard InChI is InChI=1S/C10H15O/c1-3-4-9-6-5-8(2)10(11)7-9/h3,5,9H,4,6-7H2,1-2H3/t9-/m0/s1. The summed E-state index contributed by atoms with van der Waals surface area (Å²) in [7, 11) is 0. The van der Waals surface area contributed by atoms with Gasteiger partial charge in [0.15, 0.2) is 5.78 Å². The van der Waals surface area contributed by atoms with Crippen LogP contribution in [-0.2, 0) is 4.79 Å². The fourth-order valence-electron chi connectivity index (χ4n) is 1.48. The number of Topliss-reactive ketones (excluding diaryl/α,β-unsaturated/α-hetero) is 1. The van der Waals surface area contributed by atoms with Gasteiger partial charge in [-0.15, -0.1) is 0 Å². The molecule has 0 fully saturated rings. The molecular formula is C10H15O. The molecule has 0 saturated carbocycles. The smallest absolute Gasteiger partial charge is 0.158 e. The molecule has 0 bridgehead atoms. The molecule has 1 radical (unpaired) electrons. The first-order valence-electron chi connectivity index (χ1n) is 4.21. The highest BCUT2D eigenvalue weighted by atomic mass is 16.1. The van der Waals surface area contributed by atoms with E-state index < -0.39 is 0 Å². The molecule has 1 rings (SSSR count). The average Bonchev–Trinajstić information content (AvgIpc) is 1.98. The van der Waals surface area contributed by atoms with Crippen molar-refractivity contribution in [1.29, 1.82) is 0 Å². The highest BCUT2D eigenvalue weighted by Crippen LogP contribution is 2.23. The number of ketones is 1. The van der Waals surface area contributed by atoms with Gasteiger partial charge in [-0.2, -0.15) is 0 Å². The molecule has 1 nitrogen and oxygen atoms in total. The van der Waals surface area contributed by atoms with Crippen LogP contribution in [-0.4, -0.2) is 5.78 Å². The summed E-state index contributed by atoms with van der Waals surface area (Å²) in [6.07, 6.45) is 7.14. The number of hydrogen-bond donors (Lipinski definition) is 0. The van der Waals surface area contributed by atoms with Crippen molar-refractivity contribution >= 4 is 5.78 Å². The molecule has 0 N–H and O–H groups in total. The average molecular weight is 151 g/mol. The Bertz CT molecular complexity index is 179. The third-order valence-electron chi connectivity index (χ3n) is 2.24. The van der Waals surface area contributed by atoms with Crippen LogP contribution in [0.3, 0.4) is 0 Å². The summed E-state index contributed by atoms with van der Waals surface area (Å²) in [5.74, 6) is 0.916. The Kier molecular flexibility index (Phi) is 2.86. The van der Waals surface area contributed by atoms with Crippen molar-refractivity contribution in [2.45, 2.75) is 33.1 Å². The van der Waals surface area contributed by atoms with Crippen LogP contribution in [0.25, 0.3) is 0 Å². The molecule has 0 saturated heterocycles. The predicted molar refractivity (Wildman–Crippen MR) is 46.1 cm³/mol. The molecule has 11 heavy (non-hydrogen) atoms. The molecule has 0 aromatic rings. The van der Waals surface area contributed by atoms with Gasteiger partial charge in [0.05, 0.1) is 0 Å². The summed E-state index contributed by atoms with van der Waals surface area (Å²) < 4.78 is 0. The van der Waals surface area contributed by atoms with Crippen molar-refractivity contribution in [3.63, 3.8) is 0 Å². The fraction of sp³-hybridized carbons (Fsp3) is 0.600. The molecule has 1 heteroatoms. The molecule has 0 heterocycles. The van der Waals surface area contributed by atoms with E-state index in [2.05, 4.69) is 19.4 Å². The van der Waals surface area contributed by atoms with Gasteiger partial charge in [-0.25, -0.2) is 0 Å². The Morgan fingerprint density at radius 1 is 1.73 bits per heavy atom. The van der Waals surface area contributed by atoms with Crippen molar-refractivity contribution in [2.24, 2.45) is 5.92 Å². The maximum Gasteiger partial charge on any atom is 0.158 e. The summed E-state index contributed by atoms with van der Waals surface area (Å²) in [6.45, 7) is 3.96. The second-order valence-electron chi connectivity index (χ2n) is 3.26. The van der Waals surface area contributed by atoms with Crippen molar-refractivity contribution < 1.29 is 4.79 Å². The summed E-state index contributed by atoms with van der Waals surface area (Å²) in [6, 6.07) is 0. The van der Waals surface area contributed by atoms with Crippen LogP contribution in [0, 0.1) is 12.3 Å². The number of hydrogen-bond acceptors (Lipinski definition) is 1. The van der Waals surface area contributed by atoms with Gasteiger partial charge in [-0.3, -0.25) is 4.79 Å². The lowest BCUT2D eigenvalue weighted by atomic mass is 9.86. The lowest BCUT2D eigenvalue weighted by molar-refractivity contribution is -0.116. The maximum absolute atomic E-state index is 11.2. The van der Waals surface area contributed by atoms with E-state index in [4.69, 9.17) is 0 Å². The minimum Gasteiger partial charge on any atom is -0.295 e. The van der Waals surface area contributed by atoms with Gasteiger partial charge in [0.25, 0.3) is 0 Å². The van der Waals surface area contributed by atoms with E-state index in [1.54, 1.807) is 0 Å². The first-order chi connectivity index (χ1) is 5.24. The van der Waals surface area contributed by atoms with Crippen LogP contribution in [0.4, 0.5) is 0 Å². The Hall–Kier alpha value is -0.590. The molecule has 61 valence electrons. The first kappa shape index (κ1) is 8.51. The monoisotopic (exact) mass is 151 g/mol. The third kappa shape index (κ3) is 2.18. The van der Waals surface area contributed by atoms with E-state index in [-0.39, 0.29) is 0 Å². The minimum absolute atomic E-state index is 0.336. The van der Waals surface area contributed by atoms with Gasteiger partial charge in [-0.1, -0.05) is 13.0 Å². The number of rotatable bonds is 2. The van der Waals surface area contributed by atoms with Gasteiger partial charge < -0.3 is 0 Å². The Morgan fingerprint density at radius 3 is 3.00 bits per heavy atom. The quantitative estimate of drug-likeness (QED) is 0.592. The van der Waals surface area contributed by atoms with Crippen molar-refractivity contribution in [3.05, 3.63) is 18.1 Å². The minimum atomic E-state index is 0.336. The van der Waals surface area contributed by atoms with Crippen LogP contribution < -0.4 is 0 Å². The second kappa shape index (κ2) is 3.70. The van der Waals surface area contributed by atoms with Crippen LogP contribution in [0.5, 0.6) is 0 Å². The van der Waals surface area contributed by atoms with Gasteiger partial charge in [0.1, 0.15) is 0 Å². The largest absolute Gasteiger partial charge is 0.295 e. The zero-order chi connectivity index (χ0) is 8.27. The van der Waals surface area contributed by atoms with Gasteiger partial charge in [0, 0.05) is 6.42 Å². The molecule has 0 amide bonds. The van der Waals surface area contributed by atoms with Crippen molar-refractivity contribution in [1.82, 2.24) is 0 Å². The summed E-state index contributed by atoms with van der Waals surface area (Å²) in [5, 5.41) is 0. The molecule has 0 aliphatic heterocycles. The van der Waals surface area contributed by atoms with Gasteiger partial charge in [0.2, 0.25) is 0 Å². The van der Waals surface area contributed by atoms with Crippen molar-refractivity contribution in [3.8, 4) is 0 Å². The van der Waals surface area contributed by atoms with Gasteiger partial charge in [-0.05, 0) is 37.7 Å². The molecule has 0 unspecified atom stereocenters. The van der Waals surface area contributed by atoms with E-state index in [1.165, 1.54) is 0 Å². The fourth-order valence-corrected chi connectivity index (χ4v) is 1.48. The lowest BCUT2D eigenvalue weighted by Crippen LogP contribution is -2.13. The van der Waals surface area contributed by atoms with Crippen LogP contribution in [0.1, 0.15) is 33.1 Å². The van der Waals surface area contributed by atoms with E-state index in [9.17, 15) is 4.79 Å². The van der Waals surface area contributed by atoms with E-state index in [0.717, 1.165) is 24.8 Å². The summed E-state index contributed by atoms with van der Waals surface area (Å²) >= 11 is 0. The maximum atomic E-state index is 11.2. The normalized spacial score (nSPS) is 25.1. The number of allylic oxidation sites excluding steroid dienone is 2. The summed E-state index contributed by atoms with van der Waals surface area (Å²) in [5.41, 5.74) is 0.956. The van der Waals surface area contributed by atoms with Gasteiger partial charge >= 0.3 is 0 Å². The first-order valence-corrected chi connectivity index (χ1v) is 4.21. The Labute approximate surface area is 68.5 Å². The zero-order valence-electron chi connectivity index (χ0n) is 7.26. The molecule has 0 spiro atoms. The predicted octanol–water partition coefficient (Wildman–Crippen LogP) is 2.53.